The summed E-state index contributed by atoms with van der Waals surface area (Å²) < 4.78 is 7.55. The number of nitrogens with zero attached hydrogens (tertiary/aromatic N) is 2. The van der Waals surface area contributed by atoms with Gasteiger partial charge in [0, 0.05) is 25.5 Å². The van der Waals surface area contributed by atoms with E-state index in [1.165, 1.54) is 0 Å². The Kier molecular flexibility index (Phi) is 3.89. The zero-order valence-electron chi connectivity index (χ0n) is 10.4. The smallest absolute Gasteiger partial charge is 0.146 e. The third kappa shape index (κ3) is 2.83. The molecule has 0 aliphatic carbocycles. The molecule has 0 saturated heterocycles. The zero-order chi connectivity index (χ0) is 13.1. The molecule has 1 heterocycles. The van der Waals surface area contributed by atoms with Crippen LogP contribution in [0.1, 0.15) is 24.4 Å². The van der Waals surface area contributed by atoms with E-state index in [0.717, 1.165) is 11.4 Å². The molecule has 5 heteroatoms. The van der Waals surface area contributed by atoms with Crippen molar-refractivity contribution in [2.45, 2.75) is 19.6 Å². The highest BCUT2D eigenvalue weighted by atomic mass is 35.5. The number of imidazole rings is 1. The maximum Gasteiger partial charge on any atom is 0.146 e. The van der Waals surface area contributed by atoms with Gasteiger partial charge in [0.05, 0.1) is 5.02 Å². The highest BCUT2D eigenvalue weighted by molar-refractivity contribution is 6.32. The van der Waals surface area contributed by atoms with Gasteiger partial charge in [-0.1, -0.05) is 17.7 Å². The second kappa shape index (κ2) is 5.42. The predicted molar refractivity (Wildman–Crippen MR) is 71.6 cm³/mol. The minimum absolute atomic E-state index is 0.0360. The van der Waals surface area contributed by atoms with Crippen LogP contribution in [0.15, 0.2) is 30.6 Å². The van der Waals surface area contributed by atoms with Crippen LogP contribution in [0.5, 0.6) is 5.75 Å². The second-order valence-corrected chi connectivity index (χ2v) is 4.63. The van der Waals surface area contributed by atoms with E-state index in [4.69, 9.17) is 22.1 Å². The molecule has 0 fully saturated rings. The lowest BCUT2D eigenvalue weighted by Gasteiger charge is -2.11. The van der Waals surface area contributed by atoms with Crippen LogP contribution < -0.4 is 10.5 Å². The number of aryl methyl sites for hydroxylation is 1. The molecule has 0 bridgehead atoms. The van der Waals surface area contributed by atoms with Crippen LogP contribution >= 0.6 is 11.6 Å². The van der Waals surface area contributed by atoms with Gasteiger partial charge in [-0.15, -0.1) is 0 Å². The highest BCUT2D eigenvalue weighted by Crippen LogP contribution is 2.27. The molecule has 0 saturated carbocycles. The van der Waals surface area contributed by atoms with Crippen LogP contribution in [0.2, 0.25) is 5.02 Å². The minimum atomic E-state index is -0.0360. The first-order valence-electron chi connectivity index (χ1n) is 5.72. The van der Waals surface area contributed by atoms with Crippen molar-refractivity contribution in [1.82, 2.24) is 9.55 Å². The maximum absolute atomic E-state index is 6.15. The van der Waals surface area contributed by atoms with E-state index in [-0.39, 0.29) is 6.04 Å². The monoisotopic (exact) mass is 265 g/mol. The number of aromatic nitrogens is 2. The third-order valence-corrected chi connectivity index (χ3v) is 3.05. The van der Waals surface area contributed by atoms with Crippen LogP contribution in [0.25, 0.3) is 0 Å². The van der Waals surface area contributed by atoms with E-state index in [1.54, 1.807) is 6.20 Å². The Labute approximate surface area is 111 Å². The third-order valence-electron chi connectivity index (χ3n) is 2.76. The molecule has 0 amide bonds. The number of nitrogens with two attached hydrogens (primary N) is 1. The molecule has 1 unspecified atom stereocenters. The van der Waals surface area contributed by atoms with Crippen LogP contribution in [-0.4, -0.2) is 9.55 Å². The number of halogens is 1. The molecule has 2 aromatic rings. The summed E-state index contributed by atoms with van der Waals surface area (Å²) >= 11 is 6.15. The number of hydrogen-bond acceptors (Lipinski definition) is 3. The van der Waals surface area contributed by atoms with Crippen LogP contribution in [0.3, 0.4) is 0 Å². The highest BCUT2D eigenvalue weighted by Gasteiger charge is 2.07. The van der Waals surface area contributed by atoms with E-state index in [9.17, 15) is 0 Å². The Balaban J connectivity index is 2.08. The summed E-state index contributed by atoms with van der Waals surface area (Å²) in [6, 6.07) is 5.56. The van der Waals surface area contributed by atoms with Gasteiger partial charge in [0.2, 0.25) is 0 Å². The molecule has 0 aliphatic rings. The Hall–Kier alpha value is -1.52. The van der Waals surface area contributed by atoms with Crippen molar-refractivity contribution in [2.75, 3.05) is 0 Å². The van der Waals surface area contributed by atoms with E-state index in [1.807, 2.05) is 42.9 Å². The van der Waals surface area contributed by atoms with Gasteiger partial charge in [0.25, 0.3) is 0 Å². The van der Waals surface area contributed by atoms with E-state index < -0.39 is 0 Å². The molecule has 96 valence electrons. The standard InChI is InChI=1S/C13H16ClN3O/c1-9(15)10-3-4-12(11(14)7-10)18-8-13-16-5-6-17(13)2/h3-7,9H,8,15H2,1-2H3. The molecule has 0 radical (unpaired) electrons. The summed E-state index contributed by atoms with van der Waals surface area (Å²) in [7, 11) is 1.92. The Morgan fingerprint density at radius 2 is 2.28 bits per heavy atom. The van der Waals surface area contributed by atoms with Gasteiger partial charge < -0.3 is 15.0 Å². The first-order valence-corrected chi connectivity index (χ1v) is 6.09. The van der Waals surface area contributed by atoms with Crippen molar-refractivity contribution in [2.24, 2.45) is 12.8 Å². The SMILES string of the molecule is CC(N)c1ccc(OCc2nccn2C)c(Cl)c1. The molecule has 18 heavy (non-hydrogen) atoms. The lowest BCUT2D eigenvalue weighted by Crippen LogP contribution is -2.06. The largest absolute Gasteiger partial charge is 0.484 e. The lowest BCUT2D eigenvalue weighted by molar-refractivity contribution is 0.292. The molecule has 2 N–H and O–H groups in total. The zero-order valence-corrected chi connectivity index (χ0v) is 11.2. The quantitative estimate of drug-likeness (QED) is 0.925. The molecule has 4 nitrogen and oxygen atoms in total. The van der Waals surface area contributed by atoms with E-state index >= 15 is 0 Å². The molecular weight excluding hydrogens is 250 g/mol. The maximum atomic E-state index is 6.15. The fraction of sp³-hybridized carbons (Fsp3) is 0.308. The summed E-state index contributed by atoms with van der Waals surface area (Å²) in [5.74, 6) is 1.49. The van der Waals surface area contributed by atoms with Crippen LogP contribution in [-0.2, 0) is 13.7 Å². The van der Waals surface area contributed by atoms with Crippen molar-refractivity contribution in [1.29, 1.82) is 0 Å². The number of ether oxygens (including phenoxy) is 1. The number of hydrogen-bond donors (Lipinski definition) is 1. The van der Waals surface area contributed by atoms with Crippen molar-refractivity contribution in [3.05, 3.63) is 47.0 Å². The van der Waals surface area contributed by atoms with E-state index in [2.05, 4.69) is 4.98 Å². The Bertz CT molecular complexity index is 537. The Morgan fingerprint density at radius 1 is 1.50 bits per heavy atom. The summed E-state index contributed by atoms with van der Waals surface area (Å²) in [5.41, 5.74) is 6.78. The molecule has 2 rings (SSSR count). The predicted octanol–water partition coefficient (Wildman–Crippen LogP) is 2.67. The van der Waals surface area contributed by atoms with Gasteiger partial charge in [0.15, 0.2) is 0 Å². The molecule has 1 aromatic carbocycles. The van der Waals surface area contributed by atoms with Crippen LogP contribution in [0, 0.1) is 0 Å². The summed E-state index contributed by atoms with van der Waals surface area (Å²) in [5, 5.41) is 0.569. The second-order valence-electron chi connectivity index (χ2n) is 4.22. The van der Waals surface area contributed by atoms with Gasteiger partial charge in [-0.25, -0.2) is 4.98 Å². The number of benzene rings is 1. The van der Waals surface area contributed by atoms with Crippen molar-refractivity contribution in [3.8, 4) is 5.75 Å². The van der Waals surface area contributed by atoms with Gasteiger partial charge in [-0.2, -0.15) is 0 Å². The summed E-state index contributed by atoms with van der Waals surface area (Å²) in [6.07, 6.45) is 3.61. The molecule has 1 atom stereocenters. The van der Waals surface area contributed by atoms with Gasteiger partial charge in [-0.05, 0) is 24.6 Å². The minimum Gasteiger partial charge on any atom is -0.484 e. The first-order chi connectivity index (χ1) is 8.58. The van der Waals surface area contributed by atoms with Gasteiger partial charge in [-0.3, -0.25) is 0 Å². The molecular formula is C13H16ClN3O. The van der Waals surface area contributed by atoms with Gasteiger partial charge in [0.1, 0.15) is 18.2 Å². The topological polar surface area (TPSA) is 53.1 Å². The molecule has 0 aliphatic heterocycles. The summed E-state index contributed by atoms with van der Waals surface area (Å²) in [6.45, 7) is 2.31. The number of rotatable bonds is 4. The first kappa shape index (κ1) is 12.9. The van der Waals surface area contributed by atoms with Crippen molar-refractivity contribution in [3.63, 3.8) is 0 Å². The average Bonchev–Trinajstić information content (AvgIpc) is 2.73. The fourth-order valence-electron chi connectivity index (χ4n) is 1.60. The van der Waals surface area contributed by atoms with Gasteiger partial charge >= 0.3 is 0 Å². The van der Waals surface area contributed by atoms with Crippen molar-refractivity contribution >= 4 is 11.6 Å². The fourth-order valence-corrected chi connectivity index (χ4v) is 1.84. The normalized spacial score (nSPS) is 12.4. The Morgan fingerprint density at radius 3 is 2.83 bits per heavy atom. The van der Waals surface area contributed by atoms with E-state index in [0.29, 0.717) is 17.4 Å². The van der Waals surface area contributed by atoms with Crippen LogP contribution in [0.4, 0.5) is 0 Å². The average molecular weight is 266 g/mol. The van der Waals surface area contributed by atoms with Crippen molar-refractivity contribution < 1.29 is 4.74 Å². The molecule has 1 aromatic heterocycles. The summed E-state index contributed by atoms with van der Waals surface area (Å²) in [4.78, 5) is 4.18. The molecule has 0 spiro atoms. The lowest BCUT2D eigenvalue weighted by atomic mass is 10.1.